The number of anilines is 1. The lowest BCUT2D eigenvalue weighted by Crippen LogP contribution is -2.41. The smallest absolute Gasteiger partial charge is 0.322 e. The van der Waals surface area contributed by atoms with Crippen LogP contribution in [0.25, 0.3) is 0 Å². The van der Waals surface area contributed by atoms with Gasteiger partial charge >= 0.3 is 6.01 Å². The van der Waals surface area contributed by atoms with E-state index in [9.17, 15) is 4.79 Å². The zero-order valence-electron chi connectivity index (χ0n) is 12.3. The van der Waals surface area contributed by atoms with Gasteiger partial charge in [-0.05, 0) is 46.2 Å². The average Bonchev–Trinajstić information content (AvgIpc) is 2.25. The van der Waals surface area contributed by atoms with Gasteiger partial charge in [-0.2, -0.15) is 15.0 Å². The van der Waals surface area contributed by atoms with Gasteiger partial charge in [-0.3, -0.25) is 4.79 Å². The minimum Gasteiger partial charge on any atom is -0.461 e. The Hall–Kier alpha value is -1.63. The molecular weight excluding hydrogens is 282 g/mol. The first-order valence-electron chi connectivity index (χ1n) is 6.43. The van der Waals surface area contributed by atoms with Crippen molar-refractivity contribution in [2.75, 3.05) is 5.32 Å². The number of amides is 1. The van der Waals surface area contributed by atoms with Crippen LogP contribution in [0.15, 0.2) is 0 Å². The highest BCUT2D eigenvalue weighted by Crippen LogP contribution is 2.13. The predicted octanol–water partition coefficient (Wildman–Crippen LogP) is 1.64. The van der Waals surface area contributed by atoms with Gasteiger partial charge in [0.2, 0.25) is 17.1 Å². The fraction of sp³-hybridized carbons (Fsp3) is 0.667. The fourth-order valence-electron chi connectivity index (χ4n) is 1.33. The zero-order chi connectivity index (χ0) is 15.3. The van der Waals surface area contributed by atoms with Crippen molar-refractivity contribution in [1.82, 2.24) is 20.3 Å². The van der Waals surface area contributed by atoms with E-state index in [0.717, 1.165) is 0 Å². The quantitative estimate of drug-likeness (QED) is 0.830. The van der Waals surface area contributed by atoms with Crippen molar-refractivity contribution >= 4 is 23.5 Å². The van der Waals surface area contributed by atoms with E-state index in [1.54, 1.807) is 6.92 Å². The number of ether oxygens (including phenoxy) is 1. The summed E-state index contributed by atoms with van der Waals surface area (Å²) in [5.41, 5.74) is 0. The summed E-state index contributed by atoms with van der Waals surface area (Å²) in [5.74, 6) is 0.0509. The summed E-state index contributed by atoms with van der Waals surface area (Å²) in [6.07, 6.45) is -0.0806. The van der Waals surface area contributed by atoms with Gasteiger partial charge < -0.3 is 15.4 Å². The Morgan fingerprint density at radius 3 is 2.35 bits per heavy atom. The number of carbonyl (C=O) groups excluding carboxylic acids is 1. The molecule has 0 spiro atoms. The first-order chi connectivity index (χ1) is 9.27. The maximum absolute atomic E-state index is 11.8. The molecule has 0 aliphatic carbocycles. The Labute approximate surface area is 123 Å². The first-order valence-corrected chi connectivity index (χ1v) is 6.81. The van der Waals surface area contributed by atoms with Gasteiger partial charge in [-0.15, -0.1) is 0 Å². The lowest BCUT2D eigenvalue weighted by atomic mass is 10.3. The largest absolute Gasteiger partial charge is 0.461 e. The number of hydrogen-bond acceptors (Lipinski definition) is 6. The summed E-state index contributed by atoms with van der Waals surface area (Å²) >= 11 is 5.80. The van der Waals surface area contributed by atoms with Crippen LogP contribution in [0, 0.1) is 0 Å². The van der Waals surface area contributed by atoms with Crippen LogP contribution in [0.1, 0.15) is 34.6 Å². The molecule has 1 heterocycles. The molecule has 0 radical (unpaired) electrons. The fourth-order valence-corrected chi connectivity index (χ4v) is 1.48. The molecule has 1 rings (SSSR count). The van der Waals surface area contributed by atoms with E-state index < -0.39 is 6.04 Å². The first kappa shape index (κ1) is 16.4. The highest BCUT2D eigenvalue weighted by Gasteiger charge is 2.16. The molecule has 20 heavy (non-hydrogen) atoms. The van der Waals surface area contributed by atoms with E-state index in [0.29, 0.717) is 0 Å². The molecule has 1 unspecified atom stereocenters. The second kappa shape index (κ2) is 7.23. The molecule has 0 bridgehead atoms. The SMILES string of the molecule is CC(C)NC(=O)C(C)Nc1nc(Cl)nc(OC(C)C)n1. The molecule has 0 aliphatic heterocycles. The average molecular weight is 302 g/mol. The van der Waals surface area contributed by atoms with Gasteiger partial charge in [-0.25, -0.2) is 0 Å². The minimum absolute atomic E-state index is 0.00891. The van der Waals surface area contributed by atoms with Gasteiger partial charge in [0.1, 0.15) is 6.04 Å². The number of aromatic nitrogens is 3. The molecule has 1 aromatic rings. The molecule has 0 saturated carbocycles. The van der Waals surface area contributed by atoms with Crippen LogP contribution in [-0.2, 0) is 4.79 Å². The number of rotatable bonds is 6. The zero-order valence-corrected chi connectivity index (χ0v) is 13.0. The maximum Gasteiger partial charge on any atom is 0.322 e. The summed E-state index contributed by atoms with van der Waals surface area (Å²) in [7, 11) is 0. The van der Waals surface area contributed by atoms with Crippen LogP contribution in [0.4, 0.5) is 5.95 Å². The third-order valence-electron chi connectivity index (χ3n) is 2.10. The highest BCUT2D eigenvalue weighted by molar-refractivity contribution is 6.28. The van der Waals surface area contributed by atoms with E-state index in [4.69, 9.17) is 16.3 Å². The van der Waals surface area contributed by atoms with Gasteiger partial charge in [0.15, 0.2) is 0 Å². The van der Waals surface area contributed by atoms with Crippen LogP contribution in [0.3, 0.4) is 0 Å². The number of nitrogens with one attached hydrogen (secondary N) is 2. The summed E-state index contributed by atoms with van der Waals surface area (Å²) in [6, 6.07) is -0.310. The van der Waals surface area contributed by atoms with Gasteiger partial charge in [0.05, 0.1) is 6.10 Å². The van der Waals surface area contributed by atoms with Crippen molar-refractivity contribution < 1.29 is 9.53 Å². The van der Waals surface area contributed by atoms with Gasteiger partial charge in [0, 0.05) is 6.04 Å². The molecule has 0 saturated heterocycles. The van der Waals surface area contributed by atoms with Crippen molar-refractivity contribution in [2.45, 2.75) is 52.8 Å². The molecule has 1 amide bonds. The van der Waals surface area contributed by atoms with Crippen molar-refractivity contribution in [2.24, 2.45) is 0 Å². The van der Waals surface area contributed by atoms with E-state index in [-0.39, 0.29) is 35.3 Å². The Morgan fingerprint density at radius 2 is 1.80 bits per heavy atom. The molecule has 0 aliphatic rings. The van der Waals surface area contributed by atoms with Crippen molar-refractivity contribution in [3.8, 4) is 6.01 Å². The van der Waals surface area contributed by atoms with E-state index in [1.807, 2.05) is 27.7 Å². The maximum atomic E-state index is 11.8. The molecule has 112 valence electrons. The van der Waals surface area contributed by atoms with Crippen molar-refractivity contribution in [3.05, 3.63) is 5.28 Å². The monoisotopic (exact) mass is 301 g/mol. The number of hydrogen-bond donors (Lipinski definition) is 2. The molecule has 1 aromatic heterocycles. The van der Waals surface area contributed by atoms with Crippen LogP contribution in [0.5, 0.6) is 6.01 Å². The Balaban J connectivity index is 2.76. The van der Waals surface area contributed by atoms with Crippen LogP contribution in [0.2, 0.25) is 5.28 Å². The van der Waals surface area contributed by atoms with Gasteiger partial charge in [-0.1, -0.05) is 0 Å². The topological polar surface area (TPSA) is 89.0 Å². The number of halogens is 1. The normalized spacial score (nSPS) is 12.4. The molecule has 0 aromatic carbocycles. The molecule has 0 fully saturated rings. The van der Waals surface area contributed by atoms with E-state index in [1.165, 1.54) is 0 Å². The molecule has 8 heteroatoms. The molecule has 7 nitrogen and oxygen atoms in total. The second-order valence-corrected chi connectivity index (χ2v) is 5.24. The Kier molecular flexibility index (Phi) is 5.94. The lowest BCUT2D eigenvalue weighted by Gasteiger charge is -2.16. The summed E-state index contributed by atoms with van der Waals surface area (Å²) in [4.78, 5) is 23.6. The lowest BCUT2D eigenvalue weighted by molar-refractivity contribution is -0.122. The van der Waals surface area contributed by atoms with Crippen LogP contribution in [-0.4, -0.2) is 39.0 Å². The Bertz CT molecular complexity index is 467. The highest BCUT2D eigenvalue weighted by atomic mass is 35.5. The number of nitrogens with zero attached hydrogens (tertiary/aromatic N) is 3. The number of carbonyl (C=O) groups is 1. The summed E-state index contributed by atoms with van der Waals surface area (Å²) in [6.45, 7) is 9.18. The van der Waals surface area contributed by atoms with Crippen molar-refractivity contribution in [3.63, 3.8) is 0 Å². The molecule has 1 atom stereocenters. The van der Waals surface area contributed by atoms with Crippen LogP contribution < -0.4 is 15.4 Å². The standard InChI is InChI=1S/C12H20ClN5O2/c1-6(2)14-9(19)8(5)15-11-16-10(13)17-12(18-11)20-7(3)4/h6-8H,1-5H3,(H,14,19)(H,15,16,17,18). The summed E-state index contributed by atoms with van der Waals surface area (Å²) in [5, 5.41) is 5.66. The van der Waals surface area contributed by atoms with E-state index >= 15 is 0 Å². The van der Waals surface area contributed by atoms with Gasteiger partial charge in [0.25, 0.3) is 0 Å². The molecule has 2 N–H and O–H groups in total. The Morgan fingerprint density at radius 1 is 1.15 bits per heavy atom. The predicted molar refractivity (Wildman–Crippen MR) is 77.0 cm³/mol. The van der Waals surface area contributed by atoms with Crippen LogP contribution >= 0.6 is 11.6 Å². The summed E-state index contributed by atoms with van der Waals surface area (Å²) < 4.78 is 5.36. The van der Waals surface area contributed by atoms with E-state index in [2.05, 4.69) is 25.6 Å². The second-order valence-electron chi connectivity index (χ2n) is 4.91. The third kappa shape index (κ3) is 5.56. The molecular formula is C12H20ClN5O2. The minimum atomic E-state index is -0.497. The third-order valence-corrected chi connectivity index (χ3v) is 2.27. The van der Waals surface area contributed by atoms with Crippen molar-refractivity contribution in [1.29, 1.82) is 0 Å².